The van der Waals surface area contributed by atoms with Crippen LogP contribution in [0.2, 0.25) is 0 Å². The van der Waals surface area contributed by atoms with Crippen molar-refractivity contribution in [3.05, 3.63) is 30.3 Å². The van der Waals surface area contributed by atoms with E-state index in [4.69, 9.17) is 4.74 Å². The monoisotopic (exact) mass is 378 g/mol. The molecule has 1 N–H and O–H groups in total. The van der Waals surface area contributed by atoms with Crippen LogP contribution in [0.15, 0.2) is 30.3 Å². The highest BCUT2D eigenvalue weighted by Crippen LogP contribution is 2.22. The number of carbonyl (C=O) groups excluding carboxylic acids is 3. The third kappa shape index (κ3) is 7.07. The zero-order valence-corrected chi connectivity index (χ0v) is 15.9. The lowest BCUT2D eigenvalue weighted by Gasteiger charge is -2.31. The van der Waals surface area contributed by atoms with E-state index in [1.807, 2.05) is 18.0 Å². The Morgan fingerprint density at radius 2 is 1.81 bits per heavy atom. The molecule has 2 amide bonds. The smallest absolute Gasteiger partial charge is 0.316 e. The number of para-hydroxylation sites is 1. The van der Waals surface area contributed by atoms with Gasteiger partial charge >= 0.3 is 5.97 Å². The van der Waals surface area contributed by atoms with Crippen molar-refractivity contribution in [2.75, 3.05) is 30.5 Å². The van der Waals surface area contributed by atoms with E-state index in [0.717, 1.165) is 12.8 Å². The predicted octanol–water partition coefficient (Wildman–Crippen LogP) is 2.69. The van der Waals surface area contributed by atoms with Crippen LogP contribution >= 0.6 is 11.8 Å². The quantitative estimate of drug-likeness (QED) is 0.704. The minimum Gasteiger partial charge on any atom is -0.455 e. The number of benzene rings is 1. The lowest BCUT2D eigenvalue weighted by atomic mass is 9.94. The number of hydrogen-bond acceptors (Lipinski definition) is 5. The van der Waals surface area contributed by atoms with Gasteiger partial charge in [-0.3, -0.25) is 14.4 Å². The van der Waals surface area contributed by atoms with Gasteiger partial charge in [0.25, 0.3) is 5.91 Å². The van der Waals surface area contributed by atoms with E-state index in [2.05, 4.69) is 5.32 Å². The van der Waals surface area contributed by atoms with Crippen LogP contribution in [0.3, 0.4) is 0 Å². The number of rotatable bonds is 8. The molecule has 1 aliphatic rings. The molecule has 2 rings (SSSR count). The number of ether oxygens (including phenoxy) is 1. The molecular weight excluding hydrogens is 352 g/mol. The lowest BCUT2D eigenvalue weighted by molar-refractivity contribution is -0.144. The van der Waals surface area contributed by atoms with Crippen LogP contribution < -0.4 is 5.32 Å². The van der Waals surface area contributed by atoms with Crippen LogP contribution in [0.25, 0.3) is 0 Å². The number of nitrogens with zero attached hydrogens (tertiary/aromatic N) is 1. The van der Waals surface area contributed by atoms with E-state index in [0.29, 0.717) is 11.7 Å². The zero-order valence-electron chi connectivity index (χ0n) is 15.1. The van der Waals surface area contributed by atoms with Crippen LogP contribution in [-0.2, 0) is 19.1 Å². The van der Waals surface area contributed by atoms with Crippen molar-refractivity contribution in [1.29, 1.82) is 0 Å². The number of anilines is 1. The zero-order chi connectivity index (χ0) is 18.8. The highest BCUT2D eigenvalue weighted by Gasteiger charge is 2.22. The normalized spacial score (nSPS) is 14.5. The standard InChI is InChI=1S/C19H26N2O4S/c1-21(16-10-6-3-7-11-16)18(23)13-26-14-19(24)25-12-17(22)20-15-8-4-2-5-9-15/h2,4-5,8-9,16H,3,6-7,10-14H2,1H3,(H,20,22). The molecule has 0 radical (unpaired) electrons. The fraction of sp³-hybridized carbons (Fsp3) is 0.526. The molecule has 0 heterocycles. The lowest BCUT2D eigenvalue weighted by Crippen LogP contribution is -2.39. The van der Waals surface area contributed by atoms with E-state index < -0.39 is 5.97 Å². The van der Waals surface area contributed by atoms with E-state index in [1.54, 1.807) is 24.3 Å². The maximum atomic E-state index is 12.2. The Labute approximate surface area is 158 Å². The first kappa shape index (κ1) is 20.3. The van der Waals surface area contributed by atoms with Crippen molar-refractivity contribution in [2.24, 2.45) is 0 Å². The Bertz CT molecular complexity index is 603. The molecule has 1 aliphatic carbocycles. The second kappa shape index (κ2) is 10.9. The summed E-state index contributed by atoms with van der Waals surface area (Å²) < 4.78 is 4.94. The van der Waals surface area contributed by atoms with E-state index >= 15 is 0 Å². The van der Waals surface area contributed by atoms with Crippen molar-refractivity contribution < 1.29 is 19.1 Å². The summed E-state index contributed by atoms with van der Waals surface area (Å²) in [4.78, 5) is 37.4. The molecular formula is C19H26N2O4S. The Morgan fingerprint density at radius 1 is 1.12 bits per heavy atom. The van der Waals surface area contributed by atoms with Crippen LogP contribution in [0.5, 0.6) is 0 Å². The average molecular weight is 378 g/mol. The molecule has 1 saturated carbocycles. The number of esters is 1. The molecule has 0 aromatic heterocycles. The number of hydrogen-bond donors (Lipinski definition) is 1. The minimum atomic E-state index is -0.494. The second-order valence-electron chi connectivity index (χ2n) is 6.36. The summed E-state index contributed by atoms with van der Waals surface area (Å²) in [5.74, 6) is -0.535. The predicted molar refractivity (Wildman–Crippen MR) is 103 cm³/mol. The van der Waals surface area contributed by atoms with Crippen LogP contribution in [0, 0.1) is 0 Å². The molecule has 1 aromatic rings. The molecule has 142 valence electrons. The summed E-state index contributed by atoms with van der Waals surface area (Å²) in [6.45, 7) is -0.329. The third-order valence-electron chi connectivity index (χ3n) is 4.38. The summed E-state index contributed by atoms with van der Waals surface area (Å²) in [5.41, 5.74) is 0.652. The van der Waals surface area contributed by atoms with Crippen molar-refractivity contribution in [1.82, 2.24) is 4.90 Å². The second-order valence-corrected chi connectivity index (χ2v) is 7.35. The molecule has 0 unspecified atom stereocenters. The molecule has 1 fully saturated rings. The Morgan fingerprint density at radius 3 is 2.50 bits per heavy atom. The van der Waals surface area contributed by atoms with Gasteiger partial charge in [-0.1, -0.05) is 37.5 Å². The first-order chi connectivity index (χ1) is 12.6. The molecule has 0 spiro atoms. The van der Waals surface area contributed by atoms with Gasteiger partial charge in [-0.05, 0) is 25.0 Å². The molecule has 0 aliphatic heterocycles. The molecule has 0 atom stereocenters. The Balaban J connectivity index is 1.59. The molecule has 0 saturated heterocycles. The maximum absolute atomic E-state index is 12.2. The van der Waals surface area contributed by atoms with Gasteiger partial charge in [0.15, 0.2) is 6.61 Å². The summed E-state index contributed by atoms with van der Waals surface area (Å²) in [6, 6.07) is 9.29. The summed E-state index contributed by atoms with van der Waals surface area (Å²) in [6.07, 6.45) is 5.72. The molecule has 1 aromatic carbocycles. The van der Waals surface area contributed by atoms with E-state index in [-0.39, 0.29) is 29.9 Å². The molecule has 6 nitrogen and oxygen atoms in total. The van der Waals surface area contributed by atoms with Gasteiger partial charge in [0.1, 0.15) is 0 Å². The van der Waals surface area contributed by atoms with Crippen LogP contribution in [0.1, 0.15) is 32.1 Å². The molecule has 7 heteroatoms. The molecule has 26 heavy (non-hydrogen) atoms. The number of amides is 2. The molecule has 0 bridgehead atoms. The first-order valence-corrected chi connectivity index (χ1v) is 10.1. The van der Waals surface area contributed by atoms with Gasteiger partial charge in [-0.25, -0.2) is 0 Å². The van der Waals surface area contributed by atoms with Crippen LogP contribution in [0.4, 0.5) is 5.69 Å². The van der Waals surface area contributed by atoms with Gasteiger partial charge < -0.3 is 15.0 Å². The van der Waals surface area contributed by atoms with Gasteiger partial charge in [-0.2, -0.15) is 0 Å². The van der Waals surface area contributed by atoms with Crippen molar-refractivity contribution >= 4 is 35.2 Å². The van der Waals surface area contributed by atoms with E-state index in [1.165, 1.54) is 31.0 Å². The largest absolute Gasteiger partial charge is 0.455 e. The van der Waals surface area contributed by atoms with Crippen molar-refractivity contribution in [3.8, 4) is 0 Å². The fourth-order valence-corrected chi connectivity index (χ4v) is 3.63. The van der Waals surface area contributed by atoms with Crippen molar-refractivity contribution in [3.63, 3.8) is 0 Å². The number of thioether (sulfide) groups is 1. The topological polar surface area (TPSA) is 75.7 Å². The third-order valence-corrected chi connectivity index (χ3v) is 5.27. The van der Waals surface area contributed by atoms with Gasteiger partial charge in [0.05, 0.1) is 11.5 Å². The van der Waals surface area contributed by atoms with E-state index in [9.17, 15) is 14.4 Å². The van der Waals surface area contributed by atoms with Gasteiger partial charge in [0, 0.05) is 18.8 Å². The van der Waals surface area contributed by atoms with Crippen LogP contribution in [-0.4, -0.2) is 53.9 Å². The fourth-order valence-electron chi connectivity index (χ4n) is 2.90. The highest BCUT2D eigenvalue weighted by molar-refractivity contribution is 8.00. The summed E-state index contributed by atoms with van der Waals surface area (Å²) >= 11 is 1.22. The Hall–Kier alpha value is -2.02. The highest BCUT2D eigenvalue weighted by atomic mass is 32.2. The Kier molecular flexibility index (Phi) is 8.47. The minimum absolute atomic E-state index is 0.0384. The first-order valence-electron chi connectivity index (χ1n) is 8.90. The van der Waals surface area contributed by atoms with Gasteiger partial charge in [0.2, 0.25) is 5.91 Å². The average Bonchev–Trinajstić information content (AvgIpc) is 2.67. The maximum Gasteiger partial charge on any atom is 0.316 e. The number of carbonyl (C=O) groups is 3. The van der Waals surface area contributed by atoms with Gasteiger partial charge in [-0.15, -0.1) is 11.8 Å². The number of nitrogens with one attached hydrogen (secondary N) is 1. The SMILES string of the molecule is CN(C(=O)CSCC(=O)OCC(=O)Nc1ccccc1)C1CCCCC1. The summed E-state index contributed by atoms with van der Waals surface area (Å²) in [7, 11) is 1.84. The summed E-state index contributed by atoms with van der Waals surface area (Å²) in [5, 5.41) is 2.64. The van der Waals surface area contributed by atoms with Crippen molar-refractivity contribution in [2.45, 2.75) is 38.1 Å².